The summed E-state index contributed by atoms with van der Waals surface area (Å²) in [5, 5.41) is 5.15. The molecular formula is C21H22ClN2OP. The molecular weight excluding hydrogens is 363 g/mol. The number of hydrogen-bond acceptors (Lipinski definition) is 3. The van der Waals surface area contributed by atoms with E-state index in [1.807, 2.05) is 37.4 Å². The number of ether oxygens (including phenoxy) is 1. The lowest BCUT2D eigenvalue weighted by Gasteiger charge is -2.26. The Kier molecular flexibility index (Phi) is 5.70. The molecule has 1 aliphatic rings. The Morgan fingerprint density at radius 2 is 2.04 bits per heavy atom. The molecule has 0 saturated carbocycles. The Morgan fingerprint density at radius 3 is 2.73 bits per heavy atom. The number of nitrogens with one attached hydrogen (secondary N) is 1. The predicted molar refractivity (Wildman–Crippen MR) is 116 cm³/mol. The van der Waals surface area contributed by atoms with E-state index < -0.39 is 0 Å². The van der Waals surface area contributed by atoms with E-state index in [1.54, 1.807) is 7.11 Å². The minimum atomic E-state index is 0.751. The summed E-state index contributed by atoms with van der Waals surface area (Å²) in [6.45, 7) is 5.02. The average molecular weight is 385 g/mol. The highest BCUT2D eigenvalue weighted by molar-refractivity contribution is 7.27. The maximum atomic E-state index is 6.43. The molecule has 0 spiro atoms. The first-order valence-electron chi connectivity index (χ1n) is 8.28. The molecule has 1 unspecified atom stereocenters. The van der Waals surface area contributed by atoms with Gasteiger partial charge < -0.3 is 15.0 Å². The van der Waals surface area contributed by atoms with Crippen LogP contribution >= 0.6 is 20.8 Å². The van der Waals surface area contributed by atoms with Gasteiger partial charge in [0.1, 0.15) is 5.75 Å². The average Bonchev–Trinajstić information content (AvgIpc) is 2.63. The van der Waals surface area contributed by atoms with Gasteiger partial charge in [-0.05, 0) is 35.1 Å². The van der Waals surface area contributed by atoms with E-state index in [1.165, 1.54) is 0 Å². The number of anilines is 1. The third-order valence-corrected chi connectivity index (χ3v) is 5.08. The van der Waals surface area contributed by atoms with E-state index in [0.29, 0.717) is 0 Å². The summed E-state index contributed by atoms with van der Waals surface area (Å²) in [5.74, 6) is 0.781. The van der Waals surface area contributed by atoms with Crippen LogP contribution in [0.1, 0.15) is 11.1 Å². The molecule has 0 aromatic heterocycles. The topological polar surface area (TPSA) is 24.5 Å². The van der Waals surface area contributed by atoms with Crippen molar-refractivity contribution in [1.29, 1.82) is 0 Å². The smallest absolute Gasteiger partial charge is 0.142 e. The van der Waals surface area contributed by atoms with Crippen molar-refractivity contribution in [2.45, 2.75) is 0 Å². The fourth-order valence-electron chi connectivity index (χ4n) is 2.95. The Balaban J connectivity index is 1.88. The van der Waals surface area contributed by atoms with Crippen molar-refractivity contribution in [2.75, 3.05) is 26.0 Å². The summed E-state index contributed by atoms with van der Waals surface area (Å²) in [7, 11) is 6.50. The first kappa shape index (κ1) is 18.6. The molecule has 0 radical (unpaired) electrons. The van der Waals surface area contributed by atoms with Crippen LogP contribution < -0.4 is 15.4 Å². The number of benzene rings is 2. The van der Waals surface area contributed by atoms with Gasteiger partial charge in [-0.25, -0.2) is 0 Å². The van der Waals surface area contributed by atoms with Gasteiger partial charge in [0, 0.05) is 24.9 Å². The summed E-state index contributed by atoms with van der Waals surface area (Å²) in [5.41, 5.74) is 4.84. The first-order valence-corrected chi connectivity index (χ1v) is 9.23. The highest BCUT2D eigenvalue weighted by atomic mass is 35.5. The number of allylic oxidation sites excluding steroid dienone is 2. The van der Waals surface area contributed by atoms with Crippen molar-refractivity contribution >= 4 is 43.2 Å². The van der Waals surface area contributed by atoms with Crippen LogP contribution in [0.25, 0.3) is 11.4 Å². The highest BCUT2D eigenvalue weighted by Crippen LogP contribution is 2.30. The van der Waals surface area contributed by atoms with Crippen molar-refractivity contribution in [2.24, 2.45) is 0 Å². The summed E-state index contributed by atoms with van der Waals surface area (Å²) < 4.78 is 5.39. The van der Waals surface area contributed by atoms with E-state index >= 15 is 0 Å². The van der Waals surface area contributed by atoms with Gasteiger partial charge in [-0.15, -0.1) is 9.24 Å². The molecule has 0 bridgehead atoms. The van der Waals surface area contributed by atoms with E-state index in [0.717, 1.165) is 50.8 Å². The number of methoxy groups -OCH3 is 1. The molecule has 26 heavy (non-hydrogen) atoms. The Hall–Kier alpha value is -2.22. The van der Waals surface area contributed by atoms with Gasteiger partial charge in [0.05, 0.1) is 23.5 Å². The summed E-state index contributed by atoms with van der Waals surface area (Å²) >= 11 is 6.43. The Labute approximate surface area is 162 Å². The summed E-state index contributed by atoms with van der Waals surface area (Å²) in [4.78, 5) is 2.15. The molecule has 2 aromatic rings. The maximum Gasteiger partial charge on any atom is 0.142 e. The van der Waals surface area contributed by atoms with Crippen molar-refractivity contribution in [3.8, 4) is 5.75 Å². The van der Waals surface area contributed by atoms with Crippen molar-refractivity contribution in [3.05, 3.63) is 77.4 Å². The summed E-state index contributed by atoms with van der Waals surface area (Å²) in [6.07, 6.45) is 4.01. The number of halogens is 1. The molecule has 3 nitrogen and oxygen atoms in total. The van der Waals surface area contributed by atoms with Crippen molar-refractivity contribution in [3.63, 3.8) is 0 Å². The van der Waals surface area contributed by atoms with E-state index in [2.05, 4.69) is 50.3 Å². The Bertz CT molecular complexity index is 905. The van der Waals surface area contributed by atoms with Crippen LogP contribution in [-0.4, -0.2) is 25.6 Å². The second-order valence-corrected chi connectivity index (χ2v) is 7.11. The van der Waals surface area contributed by atoms with Crippen LogP contribution in [0.2, 0.25) is 0 Å². The fourth-order valence-corrected chi connectivity index (χ4v) is 3.70. The Morgan fingerprint density at radius 1 is 1.27 bits per heavy atom. The zero-order chi connectivity index (χ0) is 18.7. The fraction of sp³-hybridized carbons (Fsp3) is 0.143. The normalized spacial score (nSPS) is 13.8. The molecule has 0 amide bonds. The van der Waals surface area contributed by atoms with Crippen LogP contribution in [0.15, 0.2) is 66.2 Å². The lowest BCUT2D eigenvalue weighted by molar-refractivity contribution is 0.417. The zero-order valence-electron chi connectivity index (χ0n) is 14.9. The number of nitrogens with zero attached hydrogens (tertiary/aromatic N) is 1. The third kappa shape index (κ3) is 3.80. The molecule has 3 rings (SSSR count). The van der Waals surface area contributed by atoms with E-state index in [4.69, 9.17) is 16.3 Å². The predicted octanol–water partition coefficient (Wildman–Crippen LogP) is 4.69. The SMILES string of the molecule is C=C(Nc1ccccc1OC)c1ccc(C2=C(Cl)C=CCN2C)c(P)c1. The quantitative estimate of drug-likeness (QED) is 0.757. The standard InChI is InChI=1S/C21H22ClN2OP/c1-14(23-18-8-4-5-9-19(18)25-3)15-10-11-16(20(26)13-15)21-17(22)7-6-12-24(21)2/h4-11,13,23H,1,12,26H2,2-3H3. The molecule has 0 saturated heterocycles. The van der Waals surface area contributed by atoms with E-state index in [9.17, 15) is 0 Å². The minimum absolute atomic E-state index is 0.751. The van der Waals surface area contributed by atoms with Gasteiger partial charge in [0.2, 0.25) is 0 Å². The van der Waals surface area contributed by atoms with Crippen molar-refractivity contribution < 1.29 is 4.74 Å². The second kappa shape index (κ2) is 7.99. The van der Waals surface area contributed by atoms with Gasteiger partial charge in [-0.3, -0.25) is 0 Å². The monoisotopic (exact) mass is 384 g/mol. The van der Waals surface area contributed by atoms with Gasteiger partial charge >= 0.3 is 0 Å². The molecule has 5 heteroatoms. The largest absolute Gasteiger partial charge is 0.495 e. The molecule has 0 aliphatic carbocycles. The zero-order valence-corrected chi connectivity index (χ0v) is 16.8. The minimum Gasteiger partial charge on any atom is -0.495 e. The lowest BCUT2D eigenvalue weighted by atomic mass is 10.0. The van der Waals surface area contributed by atoms with Gasteiger partial charge in [-0.2, -0.15) is 0 Å². The van der Waals surface area contributed by atoms with Crippen LogP contribution in [-0.2, 0) is 0 Å². The second-order valence-electron chi connectivity index (χ2n) is 6.09. The highest BCUT2D eigenvalue weighted by Gasteiger charge is 2.17. The number of likely N-dealkylation sites (N-methyl/N-ethyl adjacent to an activating group) is 1. The molecule has 0 fully saturated rings. The first-order chi connectivity index (χ1) is 12.5. The third-order valence-electron chi connectivity index (χ3n) is 4.30. The molecule has 1 atom stereocenters. The maximum absolute atomic E-state index is 6.43. The van der Waals surface area contributed by atoms with Crippen LogP contribution in [0.4, 0.5) is 5.69 Å². The molecule has 1 aliphatic heterocycles. The summed E-state index contributed by atoms with van der Waals surface area (Å²) in [6, 6.07) is 14.0. The van der Waals surface area contributed by atoms with Crippen LogP contribution in [0.5, 0.6) is 5.75 Å². The number of rotatable bonds is 5. The lowest BCUT2D eigenvalue weighted by Crippen LogP contribution is -2.22. The number of para-hydroxylation sites is 2. The molecule has 2 aromatic carbocycles. The van der Waals surface area contributed by atoms with Crippen LogP contribution in [0.3, 0.4) is 0 Å². The van der Waals surface area contributed by atoms with Gasteiger partial charge in [0.25, 0.3) is 0 Å². The van der Waals surface area contributed by atoms with E-state index in [-0.39, 0.29) is 0 Å². The van der Waals surface area contributed by atoms with Crippen LogP contribution in [0, 0.1) is 0 Å². The van der Waals surface area contributed by atoms with Crippen molar-refractivity contribution in [1.82, 2.24) is 4.90 Å². The van der Waals surface area contributed by atoms with Gasteiger partial charge in [0.15, 0.2) is 0 Å². The molecule has 1 heterocycles. The molecule has 134 valence electrons. The van der Waals surface area contributed by atoms with Gasteiger partial charge in [-0.1, -0.05) is 48.5 Å². The number of hydrogen-bond donors (Lipinski definition) is 1. The molecule has 1 N–H and O–H groups in total.